The molecule has 0 radical (unpaired) electrons. The van der Waals surface area contributed by atoms with Gasteiger partial charge in [-0.1, -0.05) is 6.07 Å². The monoisotopic (exact) mass is 385 g/mol. The number of Topliss-reactive ketones (excluding diaryl/α,β-unsaturated/α-hetero) is 1. The van der Waals surface area contributed by atoms with Gasteiger partial charge in [0.2, 0.25) is 0 Å². The third-order valence-electron chi connectivity index (χ3n) is 3.43. The highest BCUT2D eigenvalue weighted by Crippen LogP contribution is 2.16. The molecule has 0 fully saturated rings. The number of ketones is 1. The van der Waals surface area contributed by atoms with E-state index >= 15 is 0 Å². The van der Waals surface area contributed by atoms with Crippen LogP contribution in [0.25, 0.3) is 0 Å². The SMILES string of the molecule is CC(=O)c1ccc(NC(=O)/C(C#N)=C\Nc2cccc(S(=O)(=O)O)c2)cc1. The summed E-state index contributed by atoms with van der Waals surface area (Å²) in [6, 6.07) is 13.1. The molecule has 138 valence electrons. The first-order chi connectivity index (χ1) is 12.7. The third kappa shape index (κ3) is 5.50. The number of carbonyl (C=O) groups is 2. The molecule has 0 aromatic heterocycles. The molecule has 0 aliphatic heterocycles. The van der Waals surface area contributed by atoms with Gasteiger partial charge in [0.1, 0.15) is 11.6 Å². The normalized spacial score (nSPS) is 11.4. The molecule has 0 aliphatic rings. The van der Waals surface area contributed by atoms with Crippen LogP contribution in [0.3, 0.4) is 0 Å². The number of carbonyl (C=O) groups excluding carboxylic acids is 2. The standard InChI is InChI=1S/C18H15N3O5S/c1-12(22)13-5-7-15(8-6-13)21-18(23)14(10-19)11-20-16-3-2-4-17(9-16)27(24,25)26/h2-9,11,20H,1H3,(H,21,23)(H,24,25,26)/b14-11-. The van der Waals surface area contributed by atoms with E-state index in [-0.39, 0.29) is 21.9 Å². The summed E-state index contributed by atoms with van der Waals surface area (Å²) >= 11 is 0. The van der Waals surface area contributed by atoms with Crippen LogP contribution < -0.4 is 10.6 Å². The van der Waals surface area contributed by atoms with Crippen molar-refractivity contribution >= 4 is 33.2 Å². The molecule has 9 heteroatoms. The first-order valence-electron chi connectivity index (χ1n) is 7.57. The Bertz CT molecular complexity index is 1050. The van der Waals surface area contributed by atoms with Crippen molar-refractivity contribution in [3.8, 4) is 6.07 Å². The number of amides is 1. The zero-order valence-electron chi connectivity index (χ0n) is 14.1. The van der Waals surface area contributed by atoms with Crippen molar-refractivity contribution in [1.29, 1.82) is 5.26 Å². The lowest BCUT2D eigenvalue weighted by atomic mass is 10.1. The number of nitrogens with one attached hydrogen (secondary N) is 2. The summed E-state index contributed by atoms with van der Waals surface area (Å²) in [7, 11) is -4.37. The van der Waals surface area contributed by atoms with E-state index in [1.54, 1.807) is 18.2 Å². The highest BCUT2D eigenvalue weighted by Gasteiger charge is 2.11. The number of nitriles is 1. The number of hydrogen-bond donors (Lipinski definition) is 3. The second-order valence-corrected chi connectivity index (χ2v) is 6.83. The number of hydrogen-bond acceptors (Lipinski definition) is 6. The van der Waals surface area contributed by atoms with Gasteiger partial charge in [-0.05, 0) is 49.4 Å². The van der Waals surface area contributed by atoms with E-state index in [1.165, 1.54) is 37.3 Å². The Morgan fingerprint density at radius 2 is 1.78 bits per heavy atom. The second kappa shape index (κ2) is 8.27. The van der Waals surface area contributed by atoms with Crippen molar-refractivity contribution in [2.75, 3.05) is 10.6 Å². The van der Waals surface area contributed by atoms with Crippen LogP contribution in [0.15, 0.2) is 65.2 Å². The Labute approximate surface area is 155 Å². The summed E-state index contributed by atoms with van der Waals surface area (Å²) in [6.45, 7) is 1.42. The second-order valence-electron chi connectivity index (χ2n) is 5.40. The molecule has 0 saturated carbocycles. The van der Waals surface area contributed by atoms with Crippen LogP contribution in [0.1, 0.15) is 17.3 Å². The average Bonchev–Trinajstić information content (AvgIpc) is 2.62. The van der Waals surface area contributed by atoms with E-state index in [1.807, 2.05) is 0 Å². The summed E-state index contributed by atoms with van der Waals surface area (Å²) in [5.41, 5.74) is 0.892. The molecule has 0 unspecified atom stereocenters. The number of nitrogens with zero attached hydrogens (tertiary/aromatic N) is 1. The summed E-state index contributed by atoms with van der Waals surface area (Å²) in [6.07, 6.45) is 1.11. The van der Waals surface area contributed by atoms with Gasteiger partial charge in [0.15, 0.2) is 5.78 Å². The molecule has 0 spiro atoms. The zero-order valence-corrected chi connectivity index (χ0v) is 14.9. The lowest BCUT2D eigenvalue weighted by Crippen LogP contribution is -2.14. The maximum atomic E-state index is 12.2. The predicted octanol–water partition coefficient (Wildman–Crippen LogP) is 2.59. The third-order valence-corrected chi connectivity index (χ3v) is 4.28. The van der Waals surface area contributed by atoms with Crippen molar-refractivity contribution in [3.63, 3.8) is 0 Å². The summed E-state index contributed by atoms with van der Waals surface area (Å²) in [4.78, 5) is 23.1. The lowest BCUT2D eigenvalue weighted by molar-refractivity contribution is -0.112. The van der Waals surface area contributed by atoms with E-state index in [2.05, 4.69) is 10.6 Å². The zero-order chi connectivity index (χ0) is 20.0. The summed E-state index contributed by atoms with van der Waals surface area (Å²) < 4.78 is 31.3. The van der Waals surface area contributed by atoms with Crippen LogP contribution in [-0.4, -0.2) is 24.7 Å². The van der Waals surface area contributed by atoms with Crippen molar-refractivity contribution in [1.82, 2.24) is 0 Å². The van der Waals surface area contributed by atoms with E-state index in [9.17, 15) is 18.0 Å². The van der Waals surface area contributed by atoms with E-state index in [0.717, 1.165) is 12.3 Å². The van der Waals surface area contributed by atoms with Crippen molar-refractivity contribution in [2.45, 2.75) is 11.8 Å². The van der Waals surface area contributed by atoms with Gasteiger partial charge in [-0.15, -0.1) is 0 Å². The Hall–Kier alpha value is -3.48. The molecule has 2 aromatic rings. The molecule has 3 N–H and O–H groups in total. The lowest BCUT2D eigenvalue weighted by Gasteiger charge is -2.06. The van der Waals surface area contributed by atoms with Crippen molar-refractivity contribution in [2.24, 2.45) is 0 Å². The molecule has 2 aromatic carbocycles. The molecule has 0 bridgehead atoms. The van der Waals surface area contributed by atoms with Gasteiger partial charge in [-0.25, -0.2) is 0 Å². The van der Waals surface area contributed by atoms with E-state index < -0.39 is 16.0 Å². The van der Waals surface area contributed by atoms with Crippen LogP contribution in [0.4, 0.5) is 11.4 Å². The van der Waals surface area contributed by atoms with Gasteiger partial charge in [0, 0.05) is 23.1 Å². The molecule has 0 atom stereocenters. The molecule has 0 heterocycles. The van der Waals surface area contributed by atoms with Crippen LogP contribution in [0.2, 0.25) is 0 Å². The largest absolute Gasteiger partial charge is 0.360 e. The summed E-state index contributed by atoms with van der Waals surface area (Å²) in [5.74, 6) is -0.798. The molecule has 0 aliphatic carbocycles. The average molecular weight is 385 g/mol. The van der Waals surface area contributed by atoms with Gasteiger partial charge in [0.05, 0.1) is 4.90 Å². The molecular formula is C18H15N3O5S. The smallest absolute Gasteiger partial charge is 0.294 e. The van der Waals surface area contributed by atoms with Gasteiger partial charge in [-0.3, -0.25) is 14.1 Å². The fourth-order valence-electron chi connectivity index (χ4n) is 2.04. The minimum absolute atomic E-state index is 0.109. The van der Waals surface area contributed by atoms with Crippen LogP contribution >= 0.6 is 0 Å². The van der Waals surface area contributed by atoms with E-state index in [4.69, 9.17) is 9.81 Å². The number of rotatable bonds is 6. The van der Waals surface area contributed by atoms with Gasteiger partial charge >= 0.3 is 0 Å². The van der Waals surface area contributed by atoms with Gasteiger partial charge in [0.25, 0.3) is 16.0 Å². The first-order valence-corrected chi connectivity index (χ1v) is 9.01. The fourth-order valence-corrected chi connectivity index (χ4v) is 2.56. The first kappa shape index (κ1) is 19.8. The Morgan fingerprint density at radius 1 is 1.11 bits per heavy atom. The molecular weight excluding hydrogens is 370 g/mol. The quantitative estimate of drug-likeness (QED) is 0.301. The Kier molecular flexibility index (Phi) is 6.07. The Morgan fingerprint density at radius 3 is 2.33 bits per heavy atom. The molecule has 2 rings (SSSR count). The minimum atomic E-state index is -4.37. The highest BCUT2D eigenvalue weighted by molar-refractivity contribution is 7.85. The predicted molar refractivity (Wildman–Crippen MR) is 98.7 cm³/mol. The van der Waals surface area contributed by atoms with Crippen LogP contribution in [-0.2, 0) is 14.9 Å². The fraction of sp³-hybridized carbons (Fsp3) is 0.0556. The van der Waals surface area contributed by atoms with Gasteiger partial charge in [-0.2, -0.15) is 13.7 Å². The van der Waals surface area contributed by atoms with Crippen LogP contribution in [0, 0.1) is 11.3 Å². The topological polar surface area (TPSA) is 136 Å². The maximum absolute atomic E-state index is 12.2. The maximum Gasteiger partial charge on any atom is 0.294 e. The van der Waals surface area contributed by atoms with E-state index in [0.29, 0.717) is 11.3 Å². The molecule has 0 saturated heterocycles. The minimum Gasteiger partial charge on any atom is -0.360 e. The number of benzene rings is 2. The molecule has 8 nitrogen and oxygen atoms in total. The van der Waals surface area contributed by atoms with Crippen molar-refractivity contribution < 1.29 is 22.6 Å². The van der Waals surface area contributed by atoms with Gasteiger partial charge < -0.3 is 10.6 Å². The Balaban J connectivity index is 2.12. The van der Waals surface area contributed by atoms with Crippen LogP contribution in [0.5, 0.6) is 0 Å². The highest BCUT2D eigenvalue weighted by atomic mass is 32.2. The molecule has 1 amide bonds. The summed E-state index contributed by atoms with van der Waals surface area (Å²) in [5, 5.41) is 14.3. The number of anilines is 2. The molecule has 27 heavy (non-hydrogen) atoms. The van der Waals surface area contributed by atoms with Crippen molar-refractivity contribution in [3.05, 3.63) is 65.9 Å².